The van der Waals surface area contributed by atoms with E-state index in [0.717, 1.165) is 0 Å². The Morgan fingerprint density at radius 1 is 1.26 bits per heavy atom. The maximum absolute atomic E-state index is 12.7. The SMILES string of the molecule is CCOC(=O)C(=O)c1c(C(F)(F)F)ccc(O)c1O. The van der Waals surface area contributed by atoms with Crippen LogP contribution in [0.4, 0.5) is 13.2 Å². The number of rotatable bonds is 3. The van der Waals surface area contributed by atoms with Crippen molar-refractivity contribution in [2.24, 2.45) is 0 Å². The fraction of sp³-hybridized carbons (Fsp3) is 0.273. The molecule has 5 nitrogen and oxygen atoms in total. The second kappa shape index (κ2) is 5.17. The topological polar surface area (TPSA) is 83.8 Å². The van der Waals surface area contributed by atoms with Crippen molar-refractivity contribution in [3.05, 3.63) is 23.3 Å². The van der Waals surface area contributed by atoms with Crippen LogP contribution in [0.15, 0.2) is 12.1 Å². The highest BCUT2D eigenvalue weighted by Gasteiger charge is 2.39. The van der Waals surface area contributed by atoms with E-state index >= 15 is 0 Å². The predicted molar refractivity (Wildman–Crippen MR) is 55.7 cm³/mol. The average Bonchev–Trinajstić information content (AvgIpc) is 2.30. The molecule has 0 aliphatic rings. The molecule has 0 fully saturated rings. The lowest BCUT2D eigenvalue weighted by Gasteiger charge is -2.13. The molecule has 19 heavy (non-hydrogen) atoms. The molecule has 1 aromatic rings. The molecule has 1 rings (SSSR count). The first-order valence-electron chi connectivity index (χ1n) is 5.03. The number of phenolic OH excluding ortho intramolecular Hbond substituents is 2. The molecule has 0 unspecified atom stereocenters. The standard InChI is InChI=1S/C11H9F3O5/c1-2-19-10(18)9(17)7-5(11(12,13)14)3-4-6(15)8(7)16/h3-4,15-16H,2H2,1H3. The summed E-state index contributed by atoms with van der Waals surface area (Å²) in [7, 11) is 0. The number of aromatic hydroxyl groups is 2. The van der Waals surface area contributed by atoms with E-state index in [4.69, 9.17) is 5.11 Å². The summed E-state index contributed by atoms with van der Waals surface area (Å²) >= 11 is 0. The van der Waals surface area contributed by atoms with Crippen molar-refractivity contribution in [1.29, 1.82) is 0 Å². The van der Waals surface area contributed by atoms with Gasteiger partial charge in [-0.2, -0.15) is 13.2 Å². The molecule has 1 aromatic carbocycles. The molecule has 0 saturated carbocycles. The first kappa shape index (κ1) is 14.8. The van der Waals surface area contributed by atoms with E-state index in [9.17, 15) is 27.9 Å². The van der Waals surface area contributed by atoms with Gasteiger partial charge in [-0.05, 0) is 19.1 Å². The first-order valence-corrected chi connectivity index (χ1v) is 5.03. The van der Waals surface area contributed by atoms with E-state index in [-0.39, 0.29) is 6.61 Å². The molecule has 0 aliphatic heterocycles. The maximum atomic E-state index is 12.7. The number of benzene rings is 1. The smallest absolute Gasteiger partial charge is 0.417 e. The number of alkyl halides is 3. The number of esters is 1. The van der Waals surface area contributed by atoms with Crippen molar-refractivity contribution in [2.75, 3.05) is 6.61 Å². The Balaban J connectivity index is 3.43. The number of carbonyl (C=O) groups is 2. The van der Waals surface area contributed by atoms with Crippen LogP contribution in [0.3, 0.4) is 0 Å². The Labute approximate surface area is 105 Å². The lowest BCUT2D eigenvalue weighted by Crippen LogP contribution is -2.22. The van der Waals surface area contributed by atoms with Crippen molar-refractivity contribution < 1.29 is 37.7 Å². The molecule has 104 valence electrons. The van der Waals surface area contributed by atoms with Crippen molar-refractivity contribution in [3.63, 3.8) is 0 Å². The number of hydrogen-bond donors (Lipinski definition) is 2. The number of ketones is 1. The highest BCUT2D eigenvalue weighted by Crippen LogP contribution is 2.40. The van der Waals surface area contributed by atoms with Gasteiger partial charge in [-0.25, -0.2) is 4.79 Å². The van der Waals surface area contributed by atoms with Gasteiger partial charge in [0.1, 0.15) is 0 Å². The van der Waals surface area contributed by atoms with E-state index in [1.165, 1.54) is 6.92 Å². The Kier molecular flexibility index (Phi) is 4.03. The summed E-state index contributed by atoms with van der Waals surface area (Å²) in [6, 6.07) is 0.960. The van der Waals surface area contributed by atoms with Crippen molar-refractivity contribution in [3.8, 4) is 11.5 Å². The second-order valence-corrected chi connectivity index (χ2v) is 3.40. The summed E-state index contributed by atoms with van der Waals surface area (Å²) in [4.78, 5) is 22.7. The van der Waals surface area contributed by atoms with E-state index in [0.29, 0.717) is 12.1 Å². The minimum absolute atomic E-state index is 0.217. The highest BCUT2D eigenvalue weighted by molar-refractivity contribution is 6.41. The fourth-order valence-corrected chi connectivity index (χ4v) is 1.34. The van der Waals surface area contributed by atoms with Gasteiger partial charge in [-0.1, -0.05) is 0 Å². The third kappa shape index (κ3) is 2.95. The quantitative estimate of drug-likeness (QED) is 0.381. The predicted octanol–water partition coefficient (Wildman–Crippen LogP) is 1.86. The van der Waals surface area contributed by atoms with Crippen LogP contribution in [0.2, 0.25) is 0 Å². The molecule has 8 heteroatoms. The average molecular weight is 278 g/mol. The maximum Gasteiger partial charge on any atom is 0.417 e. The first-order chi connectivity index (χ1) is 8.70. The third-order valence-corrected chi connectivity index (χ3v) is 2.15. The lowest BCUT2D eigenvalue weighted by molar-refractivity contribution is -0.139. The molecule has 0 aliphatic carbocycles. The van der Waals surface area contributed by atoms with Gasteiger partial charge >= 0.3 is 12.1 Å². The number of hydrogen-bond acceptors (Lipinski definition) is 5. The van der Waals surface area contributed by atoms with Crippen LogP contribution in [-0.2, 0) is 15.7 Å². The highest BCUT2D eigenvalue weighted by atomic mass is 19.4. The van der Waals surface area contributed by atoms with Crippen LogP contribution >= 0.6 is 0 Å². The van der Waals surface area contributed by atoms with Crippen LogP contribution in [0.5, 0.6) is 11.5 Å². The summed E-state index contributed by atoms with van der Waals surface area (Å²) in [6.07, 6.45) is -4.97. The van der Waals surface area contributed by atoms with E-state index < -0.39 is 40.6 Å². The summed E-state index contributed by atoms with van der Waals surface area (Å²) in [5.74, 6) is -5.48. The molecule has 0 amide bonds. The summed E-state index contributed by atoms with van der Waals surface area (Å²) in [5.41, 5.74) is -2.85. The van der Waals surface area contributed by atoms with E-state index in [1.807, 2.05) is 0 Å². The molecule has 0 saturated heterocycles. The molecular weight excluding hydrogens is 269 g/mol. The van der Waals surface area contributed by atoms with Crippen molar-refractivity contribution >= 4 is 11.8 Å². The van der Waals surface area contributed by atoms with Gasteiger partial charge < -0.3 is 14.9 Å². The van der Waals surface area contributed by atoms with Crippen LogP contribution in [0.1, 0.15) is 22.8 Å². The zero-order valence-corrected chi connectivity index (χ0v) is 9.61. The zero-order valence-electron chi connectivity index (χ0n) is 9.61. The molecule has 0 spiro atoms. The molecule has 0 heterocycles. The molecule has 0 aromatic heterocycles. The minimum atomic E-state index is -4.97. The minimum Gasteiger partial charge on any atom is -0.504 e. The van der Waals surface area contributed by atoms with Crippen LogP contribution in [0.25, 0.3) is 0 Å². The lowest BCUT2D eigenvalue weighted by atomic mass is 10.0. The number of ether oxygens (including phenoxy) is 1. The molecule has 0 radical (unpaired) electrons. The fourth-order valence-electron chi connectivity index (χ4n) is 1.34. The van der Waals surface area contributed by atoms with Crippen molar-refractivity contribution in [1.82, 2.24) is 0 Å². The van der Waals surface area contributed by atoms with E-state index in [2.05, 4.69) is 4.74 Å². The summed E-state index contributed by atoms with van der Waals surface area (Å²) < 4.78 is 42.3. The van der Waals surface area contributed by atoms with Gasteiger partial charge in [0.05, 0.1) is 17.7 Å². The Morgan fingerprint density at radius 2 is 1.84 bits per heavy atom. The number of halogens is 3. The molecule has 2 N–H and O–H groups in total. The molecule has 0 atom stereocenters. The van der Waals surface area contributed by atoms with Gasteiger partial charge in [0, 0.05) is 0 Å². The summed E-state index contributed by atoms with van der Waals surface area (Å²) in [5, 5.41) is 18.5. The Morgan fingerprint density at radius 3 is 2.32 bits per heavy atom. The zero-order chi connectivity index (χ0) is 14.8. The van der Waals surface area contributed by atoms with Gasteiger partial charge in [0.25, 0.3) is 5.78 Å². The number of phenols is 2. The normalized spacial score (nSPS) is 11.2. The molecule has 0 bridgehead atoms. The number of Topliss-reactive ketones (excluding diaryl/α,β-unsaturated/α-hetero) is 1. The van der Waals surface area contributed by atoms with Gasteiger partial charge in [-0.3, -0.25) is 4.79 Å². The van der Waals surface area contributed by atoms with Gasteiger partial charge in [-0.15, -0.1) is 0 Å². The van der Waals surface area contributed by atoms with Crippen LogP contribution in [-0.4, -0.2) is 28.6 Å². The van der Waals surface area contributed by atoms with Crippen LogP contribution in [0, 0.1) is 0 Å². The summed E-state index contributed by atoms with van der Waals surface area (Å²) in [6.45, 7) is 1.14. The second-order valence-electron chi connectivity index (χ2n) is 3.40. The Hall–Kier alpha value is -2.25. The van der Waals surface area contributed by atoms with Gasteiger partial charge in [0.2, 0.25) is 0 Å². The van der Waals surface area contributed by atoms with E-state index in [1.54, 1.807) is 0 Å². The largest absolute Gasteiger partial charge is 0.504 e. The van der Waals surface area contributed by atoms with Crippen molar-refractivity contribution in [2.45, 2.75) is 13.1 Å². The van der Waals surface area contributed by atoms with Crippen LogP contribution < -0.4 is 0 Å². The Bertz CT molecular complexity index is 522. The monoisotopic (exact) mass is 278 g/mol. The molecular formula is C11H9F3O5. The third-order valence-electron chi connectivity index (χ3n) is 2.15. The number of carbonyl (C=O) groups excluding carboxylic acids is 2. The van der Waals surface area contributed by atoms with Gasteiger partial charge in [0.15, 0.2) is 11.5 Å².